The number of ether oxygens (including phenoxy) is 1. The molecule has 3 atom stereocenters. The second kappa shape index (κ2) is 10.6. The lowest BCUT2D eigenvalue weighted by Gasteiger charge is -2.32. The summed E-state index contributed by atoms with van der Waals surface area (Å²) in [6.07, 6.45) is 5.09. The topological polar surface area (TPSA) is 61.8 Å². The highest BCUT2D eigenvalue weighted by Crippen LogP contribution is 2.33. The Labute approximate surface area is 181 Å². The van der Waals surface area contributed by atoms with Gasteiger partial charge in [0.05, 0.1) is 18.0 Å². The van der Waals surface area contributed by atoms with Crippen molar-refractivity contribution in [1.82, 2.24) is 0 Å². The van der Waals surface area contributed by atoms with E-state index in [-0.39, 0.29) is 12.5 Å². The Bertz CT molecular complexity index is 909. The van der Waals surface area contributed by atoms with Crippen LogP contribution in [0.5, 0.6) is 5.75 Å². The largest absolute Gasteiger partial charge is 0.750 e. The van der Waals surface area contributed by atoms with E-state index in [1.165, 1.54) is 11.3 Å². The maximum Gasteiger partial charge on any atom is 0.119 e. The zero-order valence-corrected chi connectivity index (χ0v) is 18.4. The Morgan fingerprint density at radius 1 is 1.13 bits per heavy atom. The zero-order chi connectivity index (χ0) is 21.5. The highest BCUT2D eigenvalue weighted by atomic mass is 32.2. The molecule has 160 valence electrons. The molecule has 3 unspecified atom stereocenters. The van der Waals surface area contributed by atoms with Gasteiger partial charge in [0.25, 0.3) is 0 Å². The normalized spacial score (nSPS) is 18.2. The summed E-state index contributed by atoms with van der Waals surface area (Å²) in [5.74, 6) is 1.23. The van der Waals surface area contributed by atoms with Crippen LogP contribution in [0, 0.1) is 11.8 Å². The molecule has 2 aromatic rings. The van der Waals surface area contributed by atoms with Gasteiger partial charge in [-0.1, -0.05) is 55.8 Å². The number of nitrogens with zero attached hydrogens (tertiary/aromatic N) is 1. The first-order valence-corrected chi connectivity index (χ1v) is 11.1. The summed E-state index contributed by atoms with van der Waals surface area (Å²) >= 11 is -2.46. The number of rotatable bonds is 9. The second-order valence-corrected chi connectivity index (χ2v) is 8.30. The Kier molecular flexibility index (Phi) is 7.85. The summed E-state index contributed by atoms with van der Waals surface area (Å²) in [5, 5.41) is 0. The van der Waals surface area contributed by atoms with Crippen molar-refractivity contribution in [1.29, 1.82) is 0 Å². The van der Waals surface area contributed by atoms with Crippen molar-refractivity contribution in [3.63, 3.8) is 0 Å². The summed E-state index contributed by atoms with van der Waals surface area (Å²) in [5.41, 5.74) is 4.66. The third-order valence-electron chi connectivity index (χ3n) is 5.42. The highest BCUT2D eigenvalue weighted by molar-refractivity contribution is 7.74. The van der Waals surface area contributed by atoms with Gasteiger partial charge in [0.1, 0.15) is 12.4 Å². The second-order valence-electron chi connectivity index (χ2n) is 7.66. The van der Waals surface area contributed by atoms with Crippen LogP contribution in [-0.2, 0) is 22.2 Å². The fraction of sp³-hybridized carbons (Fsp3) is 0.333. The molecule has 30 heavy (non-hydrogen) atoms. The summed E-state index contributed by atoms with van der Waals surface area (Å²) in [6.45, 7) is 4.90. The van der Waals surface area contributed by atoms with Crippen LogP contribution in [0.1, 0.15) is 25.8 Å². The van der Waals surface area contributed by atoms with Crippen molar-refractivity contribution in [2.24, 2.45) is 11.8 Å². The van der Waals surface area contributed by atoms with Gasteiger partial charge in [0.15, 0.2) is 0 Å². The molecule has 1 aliphatic rings. The van der Waals surface area contributed by atoms with Crippen molar-refractivity contribution in [2.45, 2.75) is 26.9 Å². The molecule has 0 bridgehead atoms. The van der Waals surface area contributed by atoms with Crippen LogP contribution in [-0.4, -0.2) is 22.4 Å². The average molecular weight is 427 g/mol. The Morgan fingerprint density at radius 3 is 2.47 bits per heavy atom. The molecule has 0 N–H and O–H groups in total. The number of hydrogen-bond donors (Lipinski definition) is 0. The van der Waals surface area contributed by atoms with E-state index in [1.54, 1.807) is 0 Å². The van der Waals surface area contributed by atoms with Gasteiger partial charge in [-0.3, -0.25) is 0 Å². The SMILES string of the molecule is CC(COS(=O)[O-])C1=CC=C(N(C)c2ccc(OCc3ccccc3)cc2)C(C)C1. The predicted octanol–water partition coefficient (Wildman–Crippen LogP) is 5.00. The number of benzene rings is 2. The number of anilines is 1. The molecule has 6 heteroatoms. The molecular weight excluding hydrogens is 398 g/mol. The molecule has 0 aromatic heterocycles. The molecule has 0 aliphatic heterocycles. The molecule has 2 aromatic carbocycles. The summed E-state index contributed by atoms with van der Waals surface area (Å²) < 4.78 is 31.8. The maximum atomic E-state index is 10.6. The van der Waals surface area contributed by atoms with Crippen molar-refractivity contribution >= 4 is 17.0 Å². The molecule has 3 rings (SSSR count). The van der Waals surface area contributed by atoms with Crippen molar-refractivity contribution < 1.29 is 17.7 Å². The lowest BCUT2D eigenvalue weighted by Crippen LogP contribution is -2.25. The first-order valence-electron chi connectivity index (χ1n) is 10.1. The van der Waals surface area contributed by atoms with Gasteiger partial charge in [-0.15, -0.1) is 0 Å². The molecule has 0 radical (unpaired) electrons. The van der Waals surface area contributed by atoms with Gasteiger partial charge in [-0.05, 0) is 42.3 Å². The minimum Gasteiger partial charge on any atom is -0.750 e. The van der Waals surface area contributed by atoms with Crippen LogP contribution >= 0.6 is 0 Å². The maximum absolute atomic E-state index is 10.6. The highest BCUT2D eigenvalue weighted by Gasteiger charge is 2.22. The van der Waals surface area contributed by atoms with E-state index in [0.717, 1.165) is 23.4 Å². The summed E-state index contributed by atoms with van der Waals surface area (Å²) in [6, 6.07) is 18.2. The quantitative estimate of drug-likeness (QED) is 0.528. The van der Waals surface area contributed by atoms with Crippen LogP contribution in [0.15, 0.2) is 78.0 Å². The fourth-order valence-corrected chi connectivity index (χ4v) is 3.93. The van der Waals surface area contributed by atoms with E-state index >= 15 is 0 Å². The van der Waals surface area contributed by atoms with Gasteiger partial charge < -0.3 is 18.4 Å². The standard InChI is InChI=1S/C24H29NO4S/c1-18-15-21(19(2)16-29-30(26)27)9-14-24(18)25(3)22-10-12-23(13-11-22)28-17-20-7-5-4-6-8-20/h4-14,18-19H,15-17H2,1-3H3,(H,26,27)/p-1. The van der Waals surface area contributed by atoms with Gasteiger partial charge in [0, 0.05) is 30.3 Å². The number of allylic oxidation sites excluding steroid dienone is 3. The van der Waals surface area contributed by atoms with Crippen LogP contribution in [0.2, 0.25) is 0 Å². The monoisotopic (exact) mass is 426 g/mol. The third-order valence-corrected chi connectivity index (χ3v) is 5.75. The first kappa shape index (κ1) is 22.3. The van der Waals surface area contributed by atoms with E-state index in [2.05, 4.69) is 43.2 Å². The lowest BCUT2D eigenvalue weighted by atomic mass is 9.86. The fourth-order valence-electron chi connectivity index (χ4n) is 3.61. The van der Waals surface area contributed by atoms with Crippen molar-refractivity contribution in [3.8, 4) is 5.75 Å². The molecule has 1 aliphatic carbocycles. The van der Waals surface area contributed by atoms with E-state index in [1.807, 2.05) is 49.4 Å². The predicted molar refractivity (Wildman–Crippen MR) is 120 cm³/mol. The van der Waals surface area contributed by atoms with Crippen LogP contribution in [0.25, 0.3) is 0 Å². The zero-order valence-electron chi connectivity index (χ0n) is 17.6. The van der Waals surface area contributed by atoms with E-state index in [4.69, 9.17) is 8.92 Å². The molecule has 0 saturated heterocycles. The molecule has 0 heterocycles. The Hall–Kier alpha value is -2.41. The van der Waals surface area contributed by atoms with E-state index < -0.39 is 11.4 Å². The van der Waals surface area contributed by atoms with Gasteiger partial charge >= 0.3 is 0 Å². The minimum atomic E-state index is -2.46. The van der Waals surface area contributed by atoms with Gasteiger partial charge in [-0.2, -0.15) is 0 Å². The summed E-state index contributed by atoms with van der Waals surface area (Å²) in [7, 11) is 2.06. The molecule has 5 nitrogen and oxygen atoms in total. The van der Waals surface area contributed by atoms with Crippen molar-refractivity contribution in [3.05, 3.63) is 83.6 Å². The van der Waals surface area contributed by atoms with Gasteiger partial charge in [0.2, 0.25) is 0 Å². The third kappa shape index (κ3) is 6.05. The van der Waals surface area contributed by atoms with Crippen molar-refractivity contribution in [2.75, 3.05) is 18.6 Å². The van der Waals surface area contributed by atoms with Gasteiger partial charge in [-0.25, -0.2) is 4.21 Å². The Morgan fingerprint density at radius 2 is 1.83 bits per heavy atom. The summed E-state index contributed by atoms with van der Waals surface area (Å²) in [4.78, 5) is 2.19. The molecule has 0 spiro atoms. The molecule has 0 saturated carbocycles. The molecule has 0 fully saturated rings. The molecule has 0 amide bonds. The smallest absolute Gasteiger partial charge is 0.119 e. The molecular formula is C24H28NO4S-. The lowest BCUT2D eigenvalue weighted by molar-refractivity contribution is 0.266. The van der Waals surface area contributed by atoms with Crippen LogP contribution in [0.4, 0.5) is 5.69 Å². The number of hydrogen-bond acceptors (Lipinski definition) is 5. The van der Waals surface area contributed by atoms with E-state index in [9.17, 15) is 8.76 Å². The Balaban J connectivity index is 1.62. The van der Waals surface area contributed by atoms with Crippen LogP contribution < -0.4 is 9.64 Å². The van der Waals surface area contributed by atoms with E-state index in [0.29, 0.717) is 12.5 Å². The van der Waals surface area contributed by atoms with Crippen LogP contribution in [0.3, 0.4) is 0 Å². The first-order chi connectivity index (χ1) is 14.4. The minimum absolute atomic E-state index is 0.0644. The average Bonchev–Trinajstić information content (AvgIpc) is 2.76.